The third-order valence-corrected chi connectivity index (χ3v) is 8.87. The zero-order valence-electron chi connectivity index (χ0n) is 21.7. The van der Waals surface area contributed by atoms with Gasteiger partial charge in [0.15, 0.2) is 11.4 Å². The van der Waals surface area contributed by atoms with Crippen LogP contribution in [0.15, 0.2) is 45.7 Å². The van der Waals surface area contributed by atoms with Gasteiger partial charge in [0.2, 0.25) is 5.78 Å². The average molecular weight is 555 g/mol. The van der Waals surface area contributed by atoms with Crippen LogP contribution in [-0.4, -0.2) is 68.5 Å². The summed E-state index contributed by atoms with van der Waals surface area (Å²) in [7, 11) is 3.13. The van der Waals surface area contributed by atoms with Crippen LogP contribution in [0.2, 0.25) is 0 Å². The highest BCUT2D eigenvalue weighted by molar-refractivity contribution is 6.34. The molecule has 0 aromatic heterocycles. The fourth-order valence-corrected chi connectivity index (χ4v) is 6.98. The predicted octanol–water partition coefficient (Wildman–Crippen LogP) is 3.04. The molecule has 0 radical (unpaired) electrons. The Bertz CT molecular complexity index is 1440. The largest absolute Gasteiger partial charge is 0.508 e. The molecular formula is C29H31ClN2O7. The maximum atomic E-state index is 13.9. The quantitative estimate of drug-likeness (QED) is 0.355. The fraction of sp³-hybridized carbons (Fsp3) is 0.414. The van der Waals surface area contributed by atoms with Gasteiger partial charge in [-0.25, -0.2) is 0 Å². The Labute approximate surface area is 230 Å². The number of phenols is 1. The number of aliphatic hydroxyl groups excluding tert-OH is 2. The summed E-state index contributed by atoms with van der Waals surface area (Å²) in [6.07, 6.45) is 8.07. The monoisotopic (exact) mass is 554 g/mol. The van der Waals surface area contributed by atoms with Crippen LogP contribution < -0.4 is 5.73 Å². The number of primary amides is 1. The van der Waals surface area contributed by atoms with E-state index in [1.165, 1.54) is 11.0 Å². The maximum absolute atomic E-state index is 13.9. The summed E-state index contributed by atoms with van der Waals surface area (Å²) in [5.74, 6) is -6.74. The lowest BCUT2D eigenvalue weighted by atomic mass is 9.57. The van der Waals surface area contributed by atoms with Crippen LogP contribution in [0, 0.1) is 11.8 Å². The molecule has 39 heavy (non-hydrogen) atoms. The number of hydrogen-bond donors (Lipinski definition) is 5. The highest BCUT2D eigenvalue weighted by atomic mass is 35.5. The van der Waals surface area contributed by atoms with Crippen molar-refractivity contribution in [2.75, 3.05) is 14.1 Å². The van der Waals surface area contributed by atoms with Crippen molar-refractivity contribution in [1.82, 2.24) is 4.90 Å². The van der Waals surface area contributed by atoms with Crippen LogP contribution in [0.4, 0.5) is 0 Å². The molecule has 4 aliphatic rings. The summed E-state index contributed by atoms with van der Waals surface area (Å²) < 4.78 is 0. The molecule has 0 unspecified atom stereocenters. The number of halogens is 1. The van der Waals surface area contributed by atoms with E-state index >= 15 is 0 Å². The number of hydrogen-bond acceptors (Lipinski definition) is 8. The second kappa shape index (κ2) is 9.66. The highest BCUT2D eigenvalue weighted by Crippen LogP contribution is 2.53. The molecule has 1 amide bonds. The van der Waals surface area contributed by atoms with Gasteiger partial charge in [-0.3, -0.25) is 19.3 Å². The van der Waals surface area contributed by atoms with Gasteiger partial charge in [-0.15, -0.1) is 0 Å². The number of fused-ring (bicyclic) bond motifs is 3. The van der Waals surface area contributed by atoms with Gasteiger partial charge in [-0.1, -0.05) is 23.7 Å². The van der Waals surface area contributed by atoms with Crippen LogP contribution in [0.25, 0.3) is 11.8 Å². The standard InChI is InChI=1S/C29H31ClN2O7/c1-32(2)23-17-11-15-10-16-14(12-18(30)13-6-4-3-5-7-13)8-9-19(33)21(16)24(34)20(15)26(36)29(17,39)27(37)22(25(23)35)28(31)38/h6,8-9,12,15,17,23,33-34,37,39H,3-5,7,10-11H2,1-2H3,(H2,31,38)/b18-12-/t15-,17-,23-,29-/m0/s1. The lowest BCUT2D eigenvalue weighted by Crippen LogP contribution is -2.65. The molecule has 0 aliphatic heterocycles. The zero-order chi connectivity index (χ0) is 28.4. The van der Waals surface area contributed by atoms with Crippen molar-refractivity contribution in [3.05, 3.63) is 62.4 Å². The second-order valence-corrected chi connectivity index (χ2v) is 11.4. The second-order valence-electron chi connectivity index (χ2n) is 11.0. The number of carbonyl (C=O) groups excluding carboxylic acids is 3. The number of aliphatic hydroxyl groups is 3. The van der Waals surface area contributed by atoms with E-state index in [4.69, 9.17) is 17.3 Å². The molecule has 0 spiro atoms. The molecule has 4 atom stereocenters. The van der Waals surface area contributed by atoms with E-state index in [1.807, 2.05) is 0 Å². The molecule has 9 nitrogen and oxygen atoms in total. The minimum atomic E-state index is -2.66. The molecule has 1 aromatic carbocycles. The highest BCUT2D eigenvalue weighted by Gasteiger charge is 2.64. The van der Waals surface area contributed by atoms with Crippen LogP contribution in [0.5, 0.6) is 5.75 Å². The van der Waals surface area contributed by atoms with E-state index in [1.54, 1.807) is 26.2 Å². The first-order valence-corrected chi connectivity index (χ1v) is 13.3. The fourth-order valence-electron chi connectivity index (χ4n) is 6.69. The van der Waals surface area contributed by atoms with Crippen LogP contribution in [-0.2, 0) is 20.8 Å². The maximum Gasteiger partial charge on any atom is 0.255 e. The number of amides is 1. The first-order valence-electron chi connectivity index (χ1n) is 13.0. The SMILES string of the molecule is CN(C)[C@@H]1C(=O)C(C(N)=O)=C(O)[C@@]2(O)C(=O)C3=C(O)c4c(O)ccc(/C=C(\Cl)C5=CCCCC5)c4C[C@H]3C[C@@H]12. The minimum absolute atomic E-state index is 0.0312. The lowest BCUT2D eigenvalue weighted by molar-refractivity contribution is -0.153. The van der Waals surface area contributed by atoms with Crippen molar-refractivity contribution in [2.24, 2.45) is 17.6 Å². The molecule has 5 rings (SSSR count). The van der Waals surface area contributed by atoms with E-state index in [-0.39, 0.29) is 29.7 Å². The van der Waals surface area contributed by atoms with Gasteiger partial charge in [0, 0.05) is 16.5 Å². The number of ketones is 2. The average Bonchev–Trinajstić information content (AvgIpc) is 2.88. The van der Waals surface area contributed by atoms with E-state index in [0.717, 1.165) is 31.3 Å². The van der Waals surface area contributed by atoms with Crippen LogP contribution in [0.1, 0.15) is 48.8 Å². The molecule has 0 saturated heterocycles. The zero-order valence-corrected chi connectivity index (χ0v) is 22.5. The molecule has 10 heteroatoms. The van der Waals surface area contributed by atoms with Crippen LogP contribution >= 0.6 is 11.6 Å². The van der Waals surface area contributed by atoms with Gasteiger partial charge in [0.25, 0.3) is 5.91 Å². The Morgan fingerprint density at radius 3 is 2.51 bits per heavy atom. The van der Waals surface area contributed by atoms with Crippen molar-refractivity contribution in [2.45, 2.75) is 50.2 Å². The van der Waals surface area contributed by atoms with E-state index < -0.39 is 58.0 Å². The molecule has 1 aromatic rings. The Kier molecular flexibility index (Phi) is 6.73. The molecule has 6 N–H and O–H groups in total. The van der Waals surface area contributed by atoms with Gasteiger partial charge in [0.1, 0.15) is 22.8 Å². The number of benzene rings is 1. The third-order valence-electron chi connectivity index (χ3n) is 8.52. The van der Waals surface area contributed by atoms with Crippen molar-refractivity contribution in [3.63, 3.8) is 0 Å². The Morgan fingerprint density at radius 2 is 1.90 bits per heavy atom. The molecular weight excluding hydrogens is 524 g/mol. The molecule has 0 bridgehead atoms. The van der Waals surface area contributed by atoms with E-state index in [0.29, 0.717) is 16.2 Å². The Morgan fingerprint density at radius 1 is 1.18 bits per heavy atom. The summed E-state index contributed by atoms with van der Waals surface area (Å²) in [4.78, 5) is 40.7. The first kappa shape index (κ1) is 27.2. The number of carbonyl (C=O) groups is 3. The van der Waals surface area contributed by atoms with Crippen molar-refractivity contribution in [3.8, 4) is 5.75 Å². The number of Topliss-reactive ketones (excluding diaryl/α,β-unsaturated/α-hetero) is 2. The summed E-state index contributed by atoms with van der Waals surface area (Å²) in [6.45, 7) is 0. The van der Waals surface area contributed by atoms with Crippen molar-refractivity contribution in [1.29, 1.82) is 0 Å². The van der Waals surface area contributed by atoms with Gasteiger partial charge < -0.3 is 26.2 Å². The number of phenolic OH excluding ortho intramolecular Hbond substituents is 1. The van der Waals surface area contributed by atoms with Crippen LogP contribution in [0.3, 0.4) is 0 Å². The summed E-state index contributed by atoms with van der Waals surface area (Å²) in [6, 6.07) is 1.97. The minimum Gasteiger partial charge on any atom is -0.508 e. The number of nitrogens with two attached hydrogens (primary N) is 1. The molecule has 1 fully saturated rings. The van der Waals surface area contributed by atoms with Gasteiger partial charge in [-0.05, 0) is 87.4 Å². The lowest BCUT2D eigenvalue weighted by Gasteiger charge is -2.50. The van der Waals surface area contributed by atoms with Gasteiger partial charge in [-0.2, -0.15) is 0 Å². The normalized spacial score (nSPS) is 29.2. The number of nitrogens with zero attached hydrogens (tertiary/aromatic N) is 1. The van der Waals surface area contributed by atoms with E-state index in [2.05, 4.69) is 6.08 Å². The molecule has 0 heterocycles. The topological polar surface area (TPSA) is 161 Å². The summed E-state index contributed by atoms with van der Waals surface area (Å²) in [5, 5.41) is 45.3. The van der Waals surface area contributed by atoms with Gasteiger partial charge >= 0.3 is 0 Å². The summed E-state index contributed by atoms with van der Waals surface area (Å²) >= 11 is 6.66. The molecule has 4 aliphatic carbocycles. The molecule has 1 saturated carbocycles. The number of likely N-dealkylation sites (N-methyl/N-ethyl adjacent to an activating group) is 1. The number of aromatic hydroxyl groups is 1. The Hall–Kier alpha value is -3.40. The molecule has 206 valence electrons. The van der Waals surface area contributed by atoms with E-state index in [9.17, 15) is 34.8 Å². The Balaban J connectivity index is 1.68. The third kappa shape index (κ3) is 4.02. The number of rotatable bonds is 4. The predicted molar refractivity (Wildman–Crippen MR) is 145 cm³/mol. The smallest absolute Gasteiger partial charge is 0.255 e. The number of allylic oxidation sites excluding steroid dienone is 3. The first-order chi connectivity index (χ1) is 18.4. The van der Waals surface area contributed by atoms with Crippen molar-refractivity contribution >= 4 is 40.9 Å². The summed E-state index contributed by atoms with van der Waals surface area (Å²) in [5.41, 5.74) is 4.00. The van der Waals surface area contributed by atoms with Crippen molar-refractivity contribution < 1.29 is 34.8 Å². The van der Waals surface area contributed by atoms with Gasteiger partial charge in [0.05, 0.1) is 11.6 Å².